The maximum Gasteiger partial charge on any atom is 0.238 e. The van der Waals surface area contributed by atoms with E-state index in [1.807, 2.05) is 75.2 Å². The van der Waals surface area contributed by atoms with Gasteiger partial charge >= 0.3 is 0 Å². The number of nitrogens with two attached hydrogens (primary N) is 2. The van der Waals surface area contributed by atoms with E-state index in [0.717, 1.165) is 34.1 Å². The Morgan fingerprint density at radius 3 is 2.25 bits per heavy atom. The number of nitrogens with zero attached hydrogens (tertiary/aromatic N) is 3. The Hall–Kier alpha value is -4.38. The third-order valence-electron chi connectivity index (χ3n) is 6.88. The monoisotopic (exact) mass is 636 g/mol. The average Bonchev–Trinajstić information content (AvgIpc) is 2.97. The minimum atomic E-state index is -3.91. The van der Waals surface area contributed by atoms with Crippen LogP contribution >= 0.6 is 12.0 Å². The van der Waals surface area contributed by atoms with Crippen LogP contribution in [0, 0.1) is 6.92 Å². The molecule has 44 heavy (non-hydrogen) atoms. The van der Waals surface area contributed by atoms with Crippen LogP contribution in [-0.2, 0) is 19.3 Å². The summed E-state index contributed by atoms with van der Waals surface area (Å²) in [6.45, 7) is 9.96. The molecule has 0 unspecified atom stereocenters. The molecule has 1 aliphatic heterocycles. The molecule has 0 amide bonds. The first-order valence-electron chi connectivity index (χ1n) is 13.2. The lowest BCUT2D eigenvalue weighted by Gasteiger charge is -2.41. The van der Waals surface area contributed by atoms with Crippen LogP contribution in [0.15, 0.2) is 88.8 Å². The molecule has 7 N–H and O–H groups in total. The van der Waals surface area contributed by atoms with Gasteiger partial charge in [-0.3, -0.25) is 0 Å². The van der Waals surface area contributed by atoms with Gasteiger partial charge in [0.1, 0.15) is 23.0 Å². The van der Waals surface area contributed by atoms with Crippen molar-refractivity contribution in [2.24, 2.45) is 11.0 Å². The zero-order valence-electron chi connectivity index (χ0n) is 24.4. The molecule has 0 aliphatic carbocycles. The molecule has 1 aliphatic rings. The highest BCUT2D eigenvalue weighted by Gasteiger charge is 2.34. The number of hydrogen-bond acceptors (Lipinski definition) is 13. The third kappa shape index (κ3) is 6.88. The molecule has 0 saturated heterocycles. The second-order valence-corrected chi connectivity index (χ2v) is 12.7. The van der Waals surface area contributed by atoms with Gasteiger partial charge in [0.25, 0.3) is 0 Å². The van der Waals surface area contributed by atoms with Crippen molar-refractivity contribution < 1.29 is 22.5 Å². The molecule has 0 spiro atoms. The molecular formula is C29H32N8O5S2. The summed E-state index contributed by atoms with van der Waals surface area (Å²) in [7, 11) is -1.97. The molecule has 3 aromatic carbocycles. The quantitative estimate of drug-likeness (QED) is 0.0824. The summed E-state index contributed by atoms with van der Waals surface area (Å²) in [4.78, 5) is 16.3. The standard InChI is InChI=1S/C29H32N8O5S2/c1-17-26(32-19-8-6-10-22(14-19)43-42-41-30)35-28(36-27(17)33-20-9-7-11-23(15-20)44(31,38)39)34-21-12-13-25-24(16-21)37(5)18(2)29(3,4)40-25/h6-16H,2,30H2,1,3-5H3,(H2,31,38,39)(H3,32,33,34,35,36). The second kappa shape index (κ2) is 12.3. The highest BCUT2D eigenvalue weighted by molar-refractivity contribution is 7.94. The first-order chi connectivity index (χ1) is 20.8. The van der Waals surface area contributed by atoms with Crippen molar-refractivity contribution in [3.8, 4) is 5.75 Å². The van der Waals surface area contributed by atoms with Gasteiger partial charge < -0.3 is 25.6 Å². The van der Waals surface area contributed by atoms with Crippen LogP contribution in [0.2, 0.25) is 0 Å². The van der Waals surface area contributed by atoms with Crippen LogP contribution in [-0.4, -0.2) is 31.0 Å². The third-order valence-corrected chi connectivity index (χ3v) is 8.38. The number of hydrogen-bond donors (Lipinski definition) is 5. The summed E-state index contributed by atoms with van der Waals surface area (Å²) in [6, 6.07) is 19.2. The van der Waals surface area contributed by atoms with E-state index in [-0.39, 0.29) is 10.8 Å². The van der Waals surface area contributed by atoms with Gasteiger partial charge in [0.05, 0.1) is 28.3 Å². The number of anilines is 7. The van der Waals surface area contributed by atoms with Gasteiger partial charge in [-0.15, -0.1) is 9.32 Å². The number of ether oxygens (including phenoxy) is 1. The van der Waals surface area contributed by atoms with E-state index in [1.54, 1.807) is 12.1 Å². The Labute approximate surface area is 259 Å². The van der Waals surface area contributed by atoms with E-state index in [0.29, 0.717) is 34.3 Å². The van der Waals surface area contributed by atoms with Crippen molar-refractivity contribution in [1.29, 1.82) is 0 Å². The normalized spacial score (nSPS) is 14.0. The van der Waals surface area contributed by atoms with Gasteiger partial charge in [-0.25, -0.2) is 13.6 Å². The fourth-order valence-corrected chi connectivity index (χ4v) is 5.47. The van der Waals surface area contributed by atoms with Crippen LogP contribution < -0.4 is 36.6 Å². The number of likely N-dealkylation sites (N-methyl/N-ethyl adjacent to an activating group) is 1. The fraction of sp³-hybridized carbons (Fsp3) is 0.172. The number of nitrogens with one attached hydrogen (secondary N) is 3. The summed E-state index contributed by atoms with van der Waals surface area (Å²) in [6.07, 6.45) is 0. The van der Waals surface area contributed by atoms with Crippen molar-refractivity contribution in [2.45, 2.75) is 36.2 Å². The van der Waals surface area contributed by atoms with Crippen molar-refractivity contribution in [1.82, 2.24) is 9.97 Å². The first kappa shape index (κ1) is 31.1. The highest BCUT2D eigenvalue weighted by atomic mass is 32.2. The van der Waals surface area contributed by atoms with E-state index < -0.39 is 15.6 Å². The Balaban J connectivity index is 1.52. The van der Waals surface area contributed by atoms with Crippen molar-refractivity contribution >= 4 is 62.4 Å². The lowest BCUT2D eigenvalue weighted by molar-refractivity contribution is -0.195. The van der Waals surface area contributed by atoms with Crippen LogP contribution in [0.5, 0.6) is 5.75 Å². The van der Waals surface area contributed by atoms with Gasteiger partial charge in [-0.1, -0.05) is 18.7 Å². The lowest BCUT2D eigenvalue weighted by atomic mass is 10.0. The van der Waals surface area contributed by atoms with Gasteiger partial charge in [0.2, 0.25) is 16.0 Å². The molecule has 2 heterocycles. The van der Waals surface area contributed by atoms with Crippen LogP contribution in [0.3, 0.4) is 0 Å². The summed E-state index contributed by atoms with van der Waals surface area (Å²) in [5.41, 5.74) is 3.66. The second-order valence-electron chi connectivity index (χ2n) is 10.4. The predicted octanol–water partition coefficient (Wildman–Crippen LogP) is 5.61. The molecule has 0 saturated carbocycles. The number of fused-ring (bicyclic) bond motifs is 1. The van der Waals surface area contributed by atoms with E-state index in [1.165, 1.54) is 12.1 Å². The lowest BCUT2D eigenvalue weighted by Crippen LogP contribution is -2.42. The van der Waals surface area contributed by atoms with Crippen molar-refractivity contribution in [2.75, 3.05) is 27.9 Å². The Bertz CT molecular complexity index is 1830. The smallest absolute Gasteiger partial charge is 0.238 e. The van der Waals surface area contributed by atoms with Gasteiger partial charge in [-0.2, -0.15) is 15.9 Å². The topological polar surface area (TPSA) is 179 Å². The van der Waals surface area contributed by atoms with Crippen LogP contribution in [0.4, 0.5) is 40.3 Å². The zero-order valence-corrected chi connectivity index (χ0v) is 26.0. The van der Waals surface area contributed by atoms with Crippen molar-refractivity contribution in [3.63, 3.8) is 0 Å². The summed E-state index contributed by atoms with van der Waals surface area (Å²) in [5.74, 6) is 6.88. The van der Waals surface area contributed by atoms with Gasteiger partial charge in [0, 0.05) is 34.6 Å². The maximum atomic E-state index is 12.0. The Kier molecular flexibility index (Phi) is 8.69. The number of primary sulfonamides is 1. The zero-order chi connectivity index (χ0) is 31.6. The SMILES string of the molecule is C=C1N(C)c2cc(Nc3nc(Nc4cccc(SOON)c4)c(C)c(Nc4cccc(S(N)(=O)=O)c4)n3)ccc2OC1(C)C. The molecule has 4 aromatic rings. The average molecular weight is 637 g/mol. The van der Waals surface area contributed by atoms with E-state index in [4.69, 9.17) is 30.1 Å². The highest BCUT2D eigenvalue weighted by Crippen LogP contribution is 2.42. The molecular weight excluding hydrogens is 605 g/mol. The molecule has 15 heteroatoms. The van der Waals surface area contributed by atoms with E-state index in [2.05, 4.69) is 27.5 Å². The molecule has 1 aromatic heterocycles. The predicted molar refractivity (Wildman–Crippen MR) is 172 cm³/mol. The number of aromatic nitrogens is 2. The summed E-state index contributed by atoms with van der Waals surface area (Å²) in [5, 5.41) is 15.2. The first-order valence-corrected chi connectivity index (χ1v) is 15.5. The molecule has 230 valence electrons. The number of sulfonamides is 1. The van der Waals surface area contributed by atoms with Crippen molar-refractivity contribution in [3.05, 3.63) is 84.6 Å². The Morgan fingerprint density at radius 2 is 1.59 bits per heavy atom. The largest absolute Gasteiger partial charge is 0.479 e. The number of rotatable bonds is 10. The molecule has 13 nitrogen and oxygen atoms in total. The fourth-order valence-electron chi connectivity index (χ4n) is 4.48. The molecule has 5 rings (SSSR count). The summed E-state index contributed by atoms with van der Waals surface area (Å²) >= 11 is 0.949. The van der Waals surface area contributed by atoms with E-state index >= 15 is 0 Å². The molecule has 0 bridgehead atoms. The van der Waals surface area contributed by atoms with Crippen LogP contribution in [0.1, 0.15) is 19.4 Å². The minimum Gasteiger partial charge on any atom is -0.479 e. The minimum absolute atomic E-state index is 0.0333. The van der Waals surface area contributed by atoms with Gasteiger partial charge in [-0.05, 0) is 75.4 Å². The molecule has 0 atom stereocenters. The summed E-state index contributed by atoms with van der Waals surface area (Å²) < 4.78 is 34.8. The van der Waals surface area contributed by atoms with Gasteiger partial charge in [0.15, 0.2) is 0 Å². The van der Waals surface area contributed by atoms with E-state index in [9.17, 15) is 8.42 Å². The van der Waals surface area contributed by atoms with Crippen LogP contribution in [0.25, 0.3) is 0 Å². The Morgan fingerprint density at radius 1 is 0.955 bits per heavy atom. The molecule has 0 fully saturated rings. The molecule has 0 radical (unpaired) electrons. The number of benzene rings is 3. The maximum absolute atomic E-state index is 12.0.